The highest BCUT2D eigenvalue weighted by Gasteiger charge is 2.53. The van der Waals surface area contributed by atoms with Crippen molar-refractivity contribution in [1.29, 1.82) is 0 Å². The zero-order chi connectivity index (χ0) is 26.6. The van der Waals surface area contributed by atoms with Crippen LogP contribution in [0.15, 0.2) is 72.8 Å². The molecule has 5 nitrogen and oxygen atoms in total. The van der Waals surface area contributed by atoms with Crippen LogP contribution in [-0.2, 0) is 10.3 Å². The van der Waals surface area contributed by atoms with E-state index in [1.54, 1.807) is 0 Å². The predicted octanol–water partition coefficient (Wildman–Crippen LogP) is 7.77. The molecule has 2 heterocycles. The monoisotopic (exact) mass is 504 g/mol. The van der Waals surface area contributed by atoms with E-state index < -0.39 is 5.60 Å². The molecule has 0 aliphatic carbocycles. The number of nitrogens with zero attached hydrogens (tertiary/aromatic N) is 1. The van der Waals surface area contributed by atoms with Crippen molar-refractivity contribution in [2.45, 2.75) is 40.2 Å². The maximum atomic E-state index is 13.3. The smallest absolute Gasteiger partial charge is 0.340 e. The molecule has 192 valence electrons. The fourth-order valence-corrected chi connectivity index (χ4v) is 5.83. The Morgan fingerprint density at radius 1 is 0.763 bits per heavy atom. The Bertz CT molecular complexity index is 1590. The fraction of sp³-hybridized carbons (Fsp3) is 0.242. The topological polar surface area (TPSA) is 50.8 Å². The minimum atomic E-state index is -1.09. The first-order chi connectivity index (χ1) is 18.3. The maximum Gasteiger partial charge on any atom is 0.340 e. The molecule has 0 bridgehead atoms. The summed E-state index contributed by atoms with van der Waals surface area (Å²) in [5.74, 6) is 1.08. The molecule has 4 aromatic rings. The Kier molecular flexibility index (Phi) is 5.68. The summed E-state index contributed by atoms with van der Waals surface area (Å²) >= 11 is 0. The third kappa shape index (κ3) is 3.57. The summed E-state index contributed by atoms with van der Waals surface area (Å²) in [5.41, 5.74) is 8.48. The van der Waals surface area contributed by atoms with E-state index >= 15 is 0 Å². The summed E-state index contributed by atoms with van der Waals surface area (Å²) in [5, 5.41) is 3.62. The summed E-state index contributed by atoms with van der Waals surface area (Å²) in [6.07, 6.45) is 0. The van der Waals surface area contributed by atoms with E-state index in [0.29, 0.717) is 17.1 Å². The molecule has 0 aromatic heterocycles. The van der Waals surface area contributed by atoms with Gasteiger partial charge in [-0.15, -0.1) is 0 Å². The molecule has 2 aliphatic rings. The number of esters is 1. The Morgan fingerprint density at radius 3 is 2.26 bits per heavy atom. The van der Waals surface area contributed by atoms with E-state index in [-0.39, 0.29) is 5.97 Å². The van der Waals surface area contributed by atoms with Crippen LogP contribution in [0.1, 0.15) is 57.6 Å². The van der Waals surface area contributed by atoms with Gasteiger partial charge in [-0.05, 0) is 82.1 Å². The quantitative estimate of drug-likeness (QED) is 0.281. The number of anilines is 3. The van der Waals surface area contributed by atoms with Gasteiger partial charge in [-0.2, -0.15) is 0 Å². The summed E-state index contributed by atoms with van der Waals surface area (Å²) in [4.78, 5) is 15.5. The van der Waals surface area contributed by atoms with Crippen LogP contribution in [0, 0.1) is 20.8 Å². The van der Waals surface area contributed by atoms with E-state index in [1.165, 1.54) is 11.1 Å². The van der Waals surface area contributed by atoms with Crippen molar-refractivity contribution in [1.82, 2.24) is 0 Å². The lowest BCUT2D eigenvalue weighted by atomic mass is 9.77. The Balaban J connectivity index is 1.57. The average Bonchev–Trinajstić information content (AvgIpc) is 3.20. The molecule has 6 rings (SSSR count). The third-order valence-electron chi connectivity index (χ3n) is 7.82. The van der Waals surface area contributed by atoms with E-state index in [1.807, 2.05) is 30.3 Å². The zero-order valence-corrected chi connectivity index (χ0v) is 22.5. The highest BCUT2D eigenvalue weighted by Crippen LogP contribution is 2.57. The predicted molar refractivity (Wildman–Crippen MR) is 152 cm³/mol. The number of nitrogens with one attached hydrogen (secondary N) is 1. The zero-order valence-electron chi connectivity index (χ0n) is 22.5. The van der Waals surface area contributed by atoms with Crippen LogP contribution >= 0.6 is 0 Å². The van der Waals surface area contributed by atoms with Gasteiger partial charge in [-0.1, -0.05) is 35.9 Å². The van der Waals surface area contributed by atoms with Crippen LogP contribution in [0.5, 0.6) is 11.5 Å². The first-order valence-corrected chi connectivity index (χ1v) is 13.2. The maximum absolute atomic E-state index is 13.3. The highest BCUT2D eigenvalue weighted by molar-refractivity contribution is 5.97. The molecule has 5 heteroatoms. The number of ether oxygens (including phenoxy) is 2. The minimum absolute atomic E-state index is 0.323. The molecule has 1 spiro atoms. The molecule has 0 radical (unpaired) electrons. The number of fused-ring (bicyclic) bond motifs is 6. The summed E-state index contributed by atoms with van der Waals surface area (Å²) in [6, 6.07) is 24.4. The molecule has 1 unspecified atom stereocenters. The average molecular weight is 505 g/mol. The number of rotatable bonds is 5. The molecule has 0 fully saturated rings. The van der Waals surface area contributed by atoms with Gasteiger partial charge in [0.15, 0.2) is 5.60 Å². The van der Waals surface area contributed by atoms with Crippen molar-refractivity contribution in [2.75, 3.05) is 23.3 Å². The molecule has 1 N–H and O–H groups in total. The normalized spacial score (nSPS) is 16.8. The SMILES string of the molecule is CCN(CC)c1ccc2c(c1)Oc1cc(C)c(Nc3ccc(C)cc3C)cc1C21OC(=O)c2ccccc21. The van der Waals surface area contributed by atoms with E-state index in [9.17, 15) is 4.79 Å². The van der Waals surface area contributed by atoms with Gasteiger partial charge >= 0.3 is 5.97 Å². The van der Waals surface area contributed by atoms with Crippen molar-refractivity contribution in [3.8, 4) is 11.5 Å². The highest BCUT2D eigenvalue weighted by atomic mass is 16.6. The van der Waals surface area contributed by atoms with Crippen molar-refractivity contribution >= 4 is 23.0 Å². The standard InChI is InChI=1S/C33H32N2O3/c1-6-35(7-2)23-13-14-26-31(18-23)37-30-17-22(5)29(34-28-15-12-20(3)16-21(28)4)19-27(30)33(26)25-11-9-8-10-24(25)32(36)38-33/h8-19,34H,6-7H2,1-5H3. The van der Waals surface area contributed by atoms with Gasteiger partial charge in [0.2, 0.25) is 0 Å². The number of carbonyl (C=O) groups is 1. The van der Waals surface area contributed by atoms with Gasteiger partial charge in [0.1, 0.15) is 11.5 Å². The second-order valence-corrected chi connectivity index (χ2v) is 10.2. The molecule has 38 heavy (non-hydrogen) atoms. The second-order valence-electron chi connectivity index (χ2n) is 10.2. The minimum Gasteiger partial charge on any atom is -0.456 e. The van der Waals surface area contributed by atoms with Crippen molar-refractivity contribution in [3.05, 3.63) is 112 Å². The van der Waals surface area contributed by atoms with Gasteiger partial charge < -0.3 is 19.7 Å². The molecular weight excluding hydrogens is 472 g/mol. The molecular formula is C33H32N2O3. The van der Waals surface area contributed by atoms with Gasteiger partial charge in [0.05, 0.1) is 5.56 Å². The number of hydrogen-bond donors (Lipinski definition) is 1. The number of benzene rings is 4. The number of hydrogen-bond acceptors (Lipinski definition) is 5. The van der Waals surface area contributed by atoms with Crippen LogP contribution in [-0.4, -0.2) is 19.1 Å². The number of aryl methyl sites for hydroxylation is 3. The fourth-order valence-electron chi connectivity index (χ4n) is 5.83. The van der Waals surface area contributed by atoms with E-state index in [2.05, 4.69) is 87.3 Å². The molecule has 2 aliphatic heterocycles. The largest absolute Gasteiger partial charge is 0.456 e. The van der Waals surface area contributed by atoms with Gasteiger partial charge in [0, 0.05) is 52.9 Å². The molecule has 1 atom stereocenters. The lowest BCUT2D eigenvalue weighted by Crippen LogP contribution is -2.33. The summed E-state index contributed by atoms with van der Waals surface area (Å²) < 4.78 is 13.0. The van der Waals surface area contributed by atoms with Crippen LogP contribution in [0.4, 0.5) is 17.1 Å². The Morgan fingerprint density at radius 2 is 1.50 bits per heavy atom. The Hall–Kier alpha value is -4.25. The molecule has 0 saturated carbocycles. The van der Waals surface area contributed by atoms with Crippen LogP contribution in [0.2, 0.25) is 0 Å². The first-order valence-electron chi connectivity index (χ1n) is 13.2. The van der Waals surface area contributed by atoms with Gasteiger partial charge in [0.25, 0.3) is 0 Å². The van der Waals surface area contributed by atoms with Crippen molar-refractivity contribution in [3.63, 3.8) is 0 Å². The van der Waals surface area contributed by atoms with Crippen molar-refractivity contribution in [2.24, 2.45) is 0 Å². The molecule has 0 amide bonds. The summed E-state index contributed by atoms with van der Waals surface area (Å²) in [6.45, 7) is 12.3. The van der Waals surface area contributed by atoms with Crippen LogP contribution < -0.4 is 15.0 Å². The summed E-state index contributed by atoms with van der Waals surface area (Å²) in [7, 11) is 0. The second kappa shape index (κ2) is 8.95. The van der Waals surface area contributed by atoms with Gasteiger partial charge in [-0.3, -0.25) is 0 Å². The van der Waals surface area contributed by atoms with E-state index in [4.69, 9.17) is 9.47 Å². The lowest BCUT2D eigenvalue weighted by Gasteiger charge is -2.37. The third-order valence-corrected chi connectivity index (χ3v) is 7.82. The first kappa shape index (κ1) is 24.1. The molecule has 4 aromatic carbocycles. The van der Waals surface area contributed by atoms with Crippen molar-refractivity contribution < 1.29 is 14.3 Å². The molecule has 0 saturated heterocycles. The van der Waals surface area contributed by atoms with Crippen LogP contribution in [0.25, 0.3) is 0 Å². The Labute approximate surface area is 224 Å². The van der Waals surface area contributed by atoms with Crippen LogP contribution in [0.3, 0.4) is 0 Å². The number of carbonyl (C=O) groups excluding carboxylic acids is 1. The van der Waals surface area contributed by atoms with E-state index in [0.717, 1.165) is 52.4 Å². The lowest BCUT2D eigenvalue weighted by molar-refractivity contribution is 0.0224. The van der Waals surface area contributed by atoms with Gasteiger partial charge in [-0.25, -0.2) is 4.79 Å².